The smallest absolute Gasteiger partial charge is 0.230 e. The number of thioether (sulfide) groups is 1. The van der Waals surface area contributed by atoms with E-state index in [2.05, 4.69) is 10.3 Å². The Kier molecular flexibility index (Phi) is 4.79. The van der Waals surface area contributed by atoms with Crippen LogP contribution in [-0.4, -0.2) is 22.7 Å². The summed E-state index contributed by atoms with van der Waals surface area (Å²) in [5.41, 5.74) is 6.09. The van der Waals surface area contributed by atoms with Crippen LogP contribution in [0.25, 0.3) is 0 Å². The molecule has 0 spiro atoms. The number of amides is 1. The molecule has 0 aromatic carbocycles. The lowest BCUT2D eigenvalue weighted by Crippen LogP contribution is -2.31. The summed E-state index contributed by atoms with van der Waals surface area (Å²) in [5, 5.41) is 12.2. The van der Waals surface area contributed by atoms with Gasteiger partial charge in [0.05, 0.1) is 16.5 Å². The highest BCUT2D eigenvalue weighted by Gasteiger charge is 2.07. The maximum absolute atomic E-state index is 11.4. The second kappa shape index (κ2) is 6.11. The maximum atomic E-state index is 11.4. The molecule has 0 atom stereocenters. The van der Waals surface area contributed by atoms with Crippen molar-refractivity contribution >= 4 is 23.4 Å². The van der Waals surface area contributed by atoms with E-state index in [0.29, 0.717) is 10.7 Å². The van der Waals surface area contributed by atoms with Crippen LogP contribution in [0.4, 0.5) is 5.69 Å². The summed E-state index contributed by atoms with van der Waals surface area (Å²) in [7, 11) is 0. The molecule has 1 rings (SSSR count). The predicted octanol–water partition coefficient (Wildman–Crippen LogP) is 1.15. The Labute approximate surface area is 104 Å². The molecule has 0 aliphatic carbocycles. The van der Waals surface area contributed by atoms with Gasteiger partial charge < -0.3 is 11.1 Å². The molecule has 17 heavy (non-hydrogen) atoms. The summed E-state index contributed by atoms with van der Waals surface area (Å²) in [6, 6.07) is 5.35. The standard InChI is InChI=1S/C11H14N4OS/c1-7(2)14-10(16)6-17-11-4-3-8(13)9(5-12)15-11/h3-4,7H,6,13H2,1-2H3,(H,14,16). The van der Waals surface area contributed by atoms with E-state index in [4.69, 9.17) is 11.0 Å². The first-order valence-electron chi connectivity index (χ1n) is 5.11. The summed E-state index contributed by atoms with van der Waals surface area (Å²) in [6.45, 7) is 3.80. The molecule has 1 heterocycles. The van der Waals surface area contributed by atoms with Crippen LogP contribution in [0.2, 0.25) is 0 Å². The molecule has 0 unspecified atom stereocenters. The number of carbonyl (C=O) groups excluding carboxylic acids is 1. The zero-order valence-corrected chi connectivity index (χ0v) is 10.5. The van der Waals surface area contributed by atoms with Crippen LogP contribution >= 0.6 is 11.8 Å². The number of nitriles is 1. The van der Waals surface area contributed by atoms with Gasteiger partial charge in [-0.25, -0.2) is 4.98 Å². The molecule has 0 aliphatic heterocycles. The Hall–Kier alpha value is -1.74. The summed E-state index contributed by atoms with van der Waals surface area (Å²) >= 11 is 1.28. The van der Waals surface area contributed by atoms with Crippen molar-refractivity contribution in [1.29, 1.82) is 5.26 Å². The number of aromatic nitrogens is 1. The molecule has 0 aliphatic rings. The highest BCUT2D eigenvalue weighted by molar-refractivity contribution is 7.99. The van der Waals surface area contributed by atoms with Gasteiger partial charge in [-0.05, 0) is 26.0 Å². The van der Waals surface area contributed by atoms with Crippen molar-refractivity contribution in [2.45, 2.75) is 24.9 Å². The van der Waals surface area contributed by atoms with Crippen LogP contribution in [0.3, 0.4) is 0 Å². The molecule has 0 fully saturated rings. The second-order valence-electron chi connectivity index (χ2n) is 3.71. The normalized spacial score (nSPS) is 10.0. The minimum atomic E-state index is -0.0536. The summed E-state index contributed by atoms with van der Waals surface area (Å²) < 4.78 is 0. The number of rotatable bonds is 4. The SMILES string of the molecule is CC(C)NC(=O)CSc1ccc(N)c(C#N)n1. The lowest BCUT2D eigenvalue weighted by Gasteiger charge is -2.07. The first kappa shape index (κ1) is 13.3. The number of hydrogen-bond donors (Lipinski definition) is 2. The molecule has 0 radical (unpaired) electrons. The van der Waals surface area contributed by atoms with Crippen LogP contribution in [0.5, 0.6) is 0 Å². The average molecular weight is 250 g/mol. The Morgan fingerprint density at radius 2 is 2.35 bits per heavy atom. The van der Waals surface area contributed by atoms with Gasteiger partial charge in [0.2, 0.25) is 5.91 Å². The molecular weight excluding hydrogens is 236 g/mol. The van der Waals surface area contributed by atoms with Gasteiger partial charge in [0.1, 0.15) is 6.07 Å². The molecule has 5 nitrogen and oxygen atoms in total. The monoisotopic (exact) mass is 250 g/mol. The molecule has 0 saturated heterocycles. The van der Waals surface area contributed by atoms with Crippen LogP contribution in [0.1, 0.15) is 19.5 Å². The highest BCUT2D eigenvalue weighted by Crippen LogP contribution is 2.18. The fraction of sp³-hybridized carbons (Fsp3) is 0.364. The number of hydrogen-bond acceptors (Lipinski definition) is 5. The molecule has 1 aromatic heterocycles. The number of nitrogens with one attached hydrogen (secondary N) is 1. The molecular formula is C11H14N4OS. The van der Waals surface area contributed by atoms with Crippen molar-refractivity contribution in [2.75, 3.05) is 11.5 Å². The van der Waals surface area contributed by atoms with Crippen LogP contribution in [0, 0.1) is 11.3 Å². The maximum Gasteiger partial charge on any atom is 0.230 e. The summed E-state index contributed by atoms with van der Waals surface area (Å²) in [4.78, 5) is 15.4. The Balaban J connectivity index is 2.59. The van der Waals surface area contributed by atoms with Crippen LogP contribution < -0.4 is 11.1 Å². The van der Waals surface area contributed by atoms with E-state index < -0.39 is 0 Å². The van der Waals surface area contributed by atoms with Gasteiger partial charge in [-0.2, -0.15) is 5.26 Å². The molecule has 3 N–H and O–H groups in total. The molecule has 1 amide bonds. The zero-order valence-electron chi connectivity index (χ0n) is 9.73. The number of pyridine rings is 1. The van der Waals surface area contributed by atoms with Gasteiger partial charge in [-0.1, -0.05) is 11.8 Å². The highest BCUT2D eigenvalue weighted by atomic mass is 32.2. The quantitative estimate of drug-likeness (QED) is 0.782. The van der Waals surface area contributed by atoms with Crippen LogP contribution in [0.15, 0.2) is 17.2 Å². The average Bonchev–Trinajstić information content (AvgIpc) is 2.27. The lowest BCUT2D eigenvalue weighted by molar-refractivity contribution is -0.119. The fourth-order valence-corrected chi connectivity index (χ4v) is 1.81. The summed E-state index contributed by atoms with van der Waals surface area (Å²) in [5.74, 6) is 0.224. The fourth-order valence-electron chi connectivity index (χ4n) is 1.13. The van der Waals surface area contributed by atoms with Crippen molar-refractivity contribution in [1.82, 2.24) is 10.3 Å². The van der Waals surface area contributed by atoms with E-state index in [1.807, 2.05) is 19.9 Å². The minimum absolute atomic E-state index is 0.0536. The zero-order chi connectivity index (χ0) is 12.8. The van der Waals surface area contributed by atoms with Crippen LogP contribution in [-0.2, 0) is 4.79 Å². The van der Waals surface area contributed by atoms with Gasteiger partial charge in [-0.3, -0.25) is 4.79 Å². The molecule has 90 valence electrons. The van der Waals surface area contributed by atoms with Gasteiger partial charge in [-0.15, -0.1) is 0 Å². The number of nitrogens with two attached hydrogens (primary N) is 1. The van der Waals surface area contributed by atoms with Gasteiger partial charge in [0.15, 0.2) is 5.69 Å². The van der Waals surface area contributed by atoms with Crippen molar-refractivity contribution < 1.29 is 4.79 Å². The van der Waals surface area contributed by atoms with E-state index in [9.17, 15) is 4.79 Å². The van der Waals surface area contributed by atoms with Gasteiger partial charge in [0.25, 0.3) is 0 Å². The largest absolute Gasteiger partial charge is 0.396 e. The van der Waals surface area contributed by atoms with E-state index in [1.165, 1.54) is 11.8 Å². The topological polar surface area (TPSA) is 91.8 Å². The predicted molar refractivity (Wildman–Crippen MR) is 67.4 cm³/mol. The Morgan fingerprint density at radius 1 is 1.65 bits per heavy atom. The van der Waals surface area contributed by atoms with Crippen molar-refractivity contribution in [3.8, 4) is 6.07 Å². The molecule has 6 heteroatoms. The van der Waals surface area contributed by atoms with Gasteiger partial charge >= 0.3 is 0 Å². The van der Waals surface area contributed by atoms with E-state index in [1.54, 1.807) is 12.1 Å². The Morgan fingerprint density at radius 3 is 2.94 bits per heavy atom. The minimum Gasteiger partial charge on any atom is -0.396 e. The van der Waals surface area contributed by atoms with Crippen molar-refractivity contribution in [2.24, 2.45) is 0 Å². The Bertz CT molecular complexity index is 453. The third-order valence-electron chi connectivity index (χ3n) is 1.81. The number of carbonyl (C=O) groups is 1. The third kappa shape index (κ3) is 4.33. The number of anilines is 1. The van der Waals surface area contributed by atoms with Gasteiger partial charge in [0, 0.05) is 6.04 Å². The van der Waals surface area contributed by atoms with Crippen molar-refractivity contribution in [3.63, 3.8) is 0 Å². The number of nitrogen functional groups attached to an aromatic ring is 1. The lowest BCUT2D eigenvalue weighted by atomic mass is 10.3. The van der Waals surface area contributed by atoms with E-state index in [0.717, 1.165) is 0 Å². The molecule has 1 aromatic rings. The first-order valence-corrected chi connectivity index (χ1v) is 6.10. The van der Waals surface area contributed by atoms with E-state index >= 15 is 0 Å². The first-order chi connectivity index (χ1) is 8.02. The second-order valence-corrected chi connectivity index (χ2v) is 4.71. The molecule has 0 saturated carbocycles. The number of nitrogens with zero attached hydrogens (tertiary/aromatic N) is 2. The third-order valence-corrected chi connectivity index (χ3v) is 2.74. The van der Waals surface area contributed by atoms with Crippen molar-refractivity contribution in [3.05, 3.63) is 17.8 Å². The molecule has 0 bridgehead atoms. The summed E-state index contributed by atoms with van der Waals surface area (Å²) in [6.07, 6.45) is 0. The van der Waals surface area contributed by atoms with E-state index in [-0.39, 0.29) is 23.4 Å².